The number of benzene rings is 1. The summed E-state index contributed by atoms with van der Waals surface area (Å²) in [5, 5.41) is 3.51. The summed E-state index contributed by atoms with van der Waals surface area (Å²) >= 11 is 0. The van der Waals surface area contributed by atoms with Crippen LogP contribution >= 0.6 is 0 Å². The van der Waals surface area contributed by atoms with Crippen LogP contribution in [-0.2, 0) is 6.54 Å². The maximum atomic E-state index is 5.64. The molecule has 0 fully saturated rings. The molecule has 3 N–H and O–H groups in total. The van der Waals surface area contributed by atoms with Crippen LogP contribution in [0.4, 0.5) is 5.69 Å². The summed E-state index contributed by atoms with van der Waals surface area (Å²) in [6.07, 6.45) is 2.51. The number of nitrogens with two attached hydrogens (primary N) is 1. The van der Waals surface area contributed by atoms with Gasteiger partial charge in [-0.1, -0.05) is 39.3 Å². The van der Waals surface area contributed by atoms with Crippen LogP contribution in [-0.4, -0.2) is 6.54 Å². The molecular weight excluding hydrogens is 196 g/mol. The lowest BCUT2D eigenvalue weighted by Gasteiger charge is -2.24. The van der Waals surface area contributed by atoms with Crippen LogP contribution in [0.5, 0.6) is 0 Å². The van der Waals surface area contributed by atoms with Crippen molar-refractivity contribution in [3.8, 4) is 0 Å². The topological polar surface area (TPSA) is 38.0 Å². The molecule has 0 amide bonds. The third-order valence-electron chi connectivity index (χ3n) is 2.84. The molecule has 0 spiro atoms. The van der Waals surface area contributed by atoms with E-state index < -0.39 is 0 Å². The fourth-order valence-electron chi connectivity index (χ4n) is 1.95. The second kappa shape index (κ2) is 5.90. The van der Waals surface area contributed by atoms with Gasteiger partial charge in [0.1, 0.15) is 0 Å². The Morgan fingerprint density at radius 3 is 2.38 bits per heavy atom. The molecule has 0 aliphatic carbocycles. The third-order valence-corrected chi connectivity index (χ3v) is 2.84. The predicted octanol–water partition coefficient (Wildman–Crippen LogP) is 3.18. The highest BCUT2D eigenvalue weighted by Crippen LogP contribution is 2.20. The maximum Gasteiger partial charge on any atom is 0.0314 e. The van der Waals surface area contributed by atoms with Gasteiger partial charge in [0, 0.05) is 18.8 Å². The lowest BCUT2D eigenvalue weighted by molar-refractivity contribution is 0.310. The Kier molecular flexibility index (Phi) is 4.81. The average Bonchev–Trinajstić information content (AvgIpc) is 2.20. The summed E-state index contributed by atoms with van der Waals surface area (Å²) in [4.78, 5) is 0. The zero-order valence-electron chi connectivity index (χ0n) is 10.7. The molecule has 16 heavy (non-hydrogen) atoms. The van der Waals surface area contributed by atoms with E-state index in [9.17, 15) is 0 Å². The van der Waals surface area contributed by atoms with E-state index in [1.165, 1.54) is 18.4 Å². The van der Waals surface area contributed by atoms with Gasteiger partial charge in [-0.25, -0.2) is 0 Å². The highest BCUT2D eigenvalue weighted by Gasteiger charge is 2.15. The third kappa shape index (κ3) is 4.67. The van der Waals surface area contributed by atoms with Gasteiger partial charge in [0.05, 0.1) is 0 Å². The zero-order valence-corrected chi connectivity index (χ0v) is 10.7. The Bertz CT molecular complexity index is 301. The minimum absolute atomic E-state index is 0.391. The van der Waals surface area contributed by atoms with Crippen molar-refractivity contribution in [2.24, 2.45) is 5.41 Å². The first-order valence-corrected chi connectivity index (χ1v) is 6.08. The second-order valence-corrected chi connectivity index (χ2v) is 5.26. The van der Waals surface area contributed by atoms with Gasteiger partial charge in [0.2, 0.25) is 0 Å². The molecule has 0 aromatic heterocycles. The second-order valence-electron chi connectivity index (χ2n) is 5.26. The molecule has 2 heteroatoms. The molecule has 0 heterocycles. The average molecular weight is 220 g/mol. The Morgan fingerprint density at radius 2 is 1.81 bits per heavy atom. The molecule has 90 valence electrons. The summed E-state index contributed by atoms with van der Waals surface area (Å²) in [7, 11) is 0. The first-order chi connectivity index (χ1) is 7.53. The summed E-state index contributed by atoms with van der Waals surface area (Å²) in [5.41, 5.74) is 8.16. The molecule has 0 unspecified atom stereocenters. The van der Waals surface area contributed by atoms with E-state index in [1.54, 1.807) is 0 Å². The van der Waals surface area contributed by atoms with Crippen molar-refractivity contribution >= 4 is 5.69 Å². The van der Waals surface area contributed by atoms with Crippen LogP contribution in [0.2, 0.25) is 0 Å². The molecule has 0 aliphatic rings. The molecule has 0 bridgehead atoms. The van der Waals surface area contributed by atoms with Crippen LogP contribution < -0.4 is 11.1 Å². The minimum atomic E-state index is 0.391. The van der Waals surface area contributed by atoms with Crippen molar-refractivity contribution in [1.29, 1.82) is 0 Å². The molecule has 2 nitrogen and oxygen atoms in total. The number of hydrogen-bond donors (Lipinski definition) is 2. The molecular formula is C14H24N2. The lowest BCUT2D eigenvalue weighted by Crippen LogP contribution is -2.28. The number of nitrogen functional groups attached to an aromatic ring is 1. The molecule has 0 atom stereocenters. The highest BCUT2D eigenvalue weighted by atomic mass is 14.9. The normalized spacial score (nSPS) is 11.7. The van der Waals surface area contributed by atoms with Crippen LogP contribution in [0.15, 0.2) is 24.3 Å². The monoisotopic (exact) mass is 220 g/mol. The molecule has 0 saturated heterocycles. The summed E-state index contributed by atoms with van der Waals surface area (Å²) in [5.74, 6) is 0. The Balaban J connectivity index is 2.32. The lowest BCUT2D eigenvalue weighted by atomic mass is 9.88. The maximum absolute atomic E-state index is 5.64. The molecule has 1 aromatic carbocycles. The Morgan fingerprint density at radius 1 is 1.19 bits per heavy atom. The summed E-state index contributed by atoms with van der Waals surface area (Å²) in [6.45, 7) is 8.85. The van der Waals surface area contributed by atoms with Crippen LogP contribution in [0, 0.1) is 5.41 Å². The van der Waals surface area contributed by atoms with Crippen molar-refractivity contribution in [1.82, 2.24) is 5.32 Å². The smallest absolute Gasteiger partial charge is 0.0314 e. The first kappa shape index (κ1) is 13.0. The number of hydrogen-bond acceptors (Lipinski definition) is 2. The van der Waals surface area contributed by atoms with E-state index in [-0.39, 0.29) is 0 Å². The van der Waals surface area contributed by atoms with Gasteiger partial charge in [0.15, 0.2) is 0 Å². The van der Waals surface area contributed by atoms with E-state index >= 15 is 0 Å². The summed E-state index contributed by atoms with van der Waals surface area (Å²) in [6, 6.07) is 8.06. The van der Waals surface area contributed by atoms with E-state index in [0.717, 1.165) is 18.8 Å². The number of anilines is 1. The van der Waals surface area contributed by atoms with Crippen molar-refractivity contribution in [2.45, 2.75) is 40.2 Å². The summed E-state index contributed by atoms with van der Waals surface area (Å²) < 4.78 is 0. The minimum Gasteiger partial charge on any atom is -0.399 e. The standard InChI is InChI=1S/C14H24N2/c1-4-9-14(2,3)11-16-10-12-5-7-13(15)8-6-12/h5-8,16H,4,9-11,15H2,1-3H3. The highest BCUT2D eigenvalue weighted by molar-refractivity contribution is 5.39. The zero-order chi connectivity index (χ0) is 12.0. The Hall–Kier alpha value is -1.02. The first-order valence-electron chi connectivity index (χ1n) is 6.08. The quantitative estimate of drug-likeness (QED) is 0.723. The van der Waals surface area contributed by atoms with Crippen LogP contribution in [0.25, 0.3) is 0 Å². The van der Waals surface area contributed by atoms with Gasteiger partial charge in [-0.15, -0.1) is 0 Å². The SMILES string of the molecule is CCCC(C)(C)CNCc1ccc(N)cc1. The largest absolute Gasteiger partial charge is 0.399 e. The van der Waals surface area contributed by atoms with Gasteiger partial charge in [0.25, 0.3) is 0 Å². The van der Waals surface area contributed by atoms with Gasteiger partial charge in [-0.3, -0.25) is 0 Å². The van der Waals surface area contributed by atoms with Gasteiger partial charge < -0.3 is 11.1 Å². The van der Waals surface area contributed by atoms with Gasteiger partial charge in [-0.05, 0) is 29.5 Å². The number of rotatable bonds is 6. The van der Waals surface area contributed by atoms with Crippen molar-refractivity contribution in [2.75, 3.05) is 12.3 Å². The van der Waals surface area contributed by atoms with Crippen molar-refractivity contribution in [3.05, 3.63) is 29.8 Å². The fourth-order valence-corrected chi connectivity index (χ4v) is 1.95. The Labute approximate surface area is 99.2 Å². The van der Waals surface area contributed by atoms with E-state index in [0.29, 0.717) is 5.41 Å². The van der Waals surface area contributed by atoms with Gasteiger partial charge >= 0.3 is 0 Å². The van der Waals surface area contributed by atoms with Gasteiger partial charge in [-0.2, -0.15) is 0 Å². The van der Waals surface area contributed by atoms with Crippen molar-refractivity contribution < 1.29 is 0 Å². The molecule has 0 aliphatic heterocycles. The van der Waals surface area contributed by atoms with Crippen LogP contribution in [0.1, 0.15) is 39.2 Å². The fraction of sp³-hybridized carbons (Fsp3) is 0.571. The van der Waals surface area contributed by atoms with E-state index in [1.807, 2.05) is 12.1 Å². The van der Waals surface area contributed by atoms with E-state index in [4.69, 9.17) is 5.73 Å². The molecule has 1 aromatic rings. The van der Waals surface area contributed by atoms with Crippen molar-refractivity contribution in [3.63, 3.8) is 0 Å². The molecule has 0 saturated carbocycles. The predicted molar refractivity (Wildman–Crippen MR) is 71.3 cm³/mol. The molecule has 0 radical (unpaired) electrons. The van der Waals surface area contributed by atoms with Crippen LogP contribution in [0.3, 0.4) is 0 Å². The number of nitrogens with one attached hydrogen (secondary N) is 1. The van der Waals surface area contributed by atoms with E-state index in [2.05, 4.69) is 38.2 Å². The molecule has 1 rings (SSSR count).